The first-order valence-electron chi connectivity index (χ1n) is 10.9. The number of hydrogen-bond donors (Lipinski definition) is 1. The fraction of sp³-hybridized carbons (Fsp3) is 0.148. The molecule has 7 heteroatoms. The first-order valence-corrected chi connectivity index (χ1v) is 10.9. The molecule has 1 atom stereocenters. The van der Waals surface area contributed by atoms with Crippen LogP contribution in [-0.4, -0.2) is 22.6 Å². The molecule has 1 aromatic heterocycles. The van der Waals surface area contributed by atoms with Crippen molar-refractivity contribution in [2.45, 2.75) is 25.5 Å². The van der Waals surface area contributed by atoms with Crippen molar-refractivity contribution >= 4 is 34.3 Å². The summed E-state index contributed by atoms with van der Waals surface area (Å²) in [6.45, 7) is 3.50. The molecule has 0 aliphatic carbocycles. The Hall–Kier alpha value is -4.26. The van der Waals surface area contributed by atoms with E-state index in [1.54, 1.807) is 68.6 Å². The topological polar surface area (TPSA) is 71.5 Å². The van der Waals surface area contributed by atoms with Gasteiger partial charge in [0.2, 0.25) is 0 Å². The summed E-state index contributed by atoms with van der Waals surface area (Å²) in [4.78, 5) is 31.4. The number of hydrogen-bond acceptors (Lipinski definition) is 4. The molecule has 2 heterocycles. The fourth-order valence-electron chi connectivity index (χ4n) is 4.38. The Morgan fingerprint density at radius 3 is 2.50 bits per heavy atom. The molecule has 34 heavy (non-hydrogen) atoms. The van der Waals surface area contributed by atoms with Gasteiger partial charge >= 0.3 is 6.09 Å². The predicted molar refractivity (Wildman–Crippen MR) is 128 cm³/mol. The molecule has 1 unspecified atom stereocenters. The second kappa shape index (κ2) is 8.26. The minimum atomic E-state index is -0.948. The Morgan fingerprint density at radius 2 is 1.74 bits per heavy atom. The van der Waals surface area contributed by atoms with E-state index in [1.165, 1.54) is 11.0 Å². The minimum Gasteiger partial charge on any atom is -0.441 e. The van der Waals surface area contributed by atoms with Crippen molar-refractivity contribution in [1.82, 2.24) is 4.98 Å². The molecule has 0 radical (unpaired) electrons. The smallest absolute Gasteiger partial charge is 0.415 e. The van der Waals surface area contributed by atoms with Crippen LogP contribution in [0, 0.1) is 5.82 Å². The number of nitrogens with one attached hydrogen (secondary N) is 1. The van der Waals surface area contributed by atoms with Gasteiger partial charge in [0.25, 0.3) is 5.91 Å². The molecule has 4 aromatic rings. The van der Waals surface area contributed by atoms with Gasteiger partial charge < -0.3 is 10.1 Å². The summed E-state index contributed by atoms with van der Waals surface area (Å²) in [5.74, 6) is -0.719. The van der Waals surface area contributed by atoms with Gasteiger partial charge in [-0.25, -0.2) is 9.18 Å². The fourth-order valence-corrected chi connectivity index (χ4v) is 4.38. The van der Waals surface area contributed by atoms with E-state index >= 15 is 0 Å². The monoisotopic (exact) mass is 455 g/mol. The Kier molecular flexibility index (Phi) is 5.24. The Morgan fingerprint density at radius 1 is 1.00 bits per heavy atom. The minimum absolute atomic E-state index is 0.306. The lowest BCUT2D eigenvalue weighted by atomic mass is 9.91. The summed E-state index contributed by atoms with van der Waals surface area (Å²) in [5.41, 5.74) is 1.64. The maximum absolute atomic E-state index is 14.6. The van der Waals surface area contributed by atoms with Crippen LogP contribution in [0.2, 0.25) is 0 Å². The standard InChI is InChI=1S/C27H22FN3O3/c1-27(2)24(20-9-3-4-10-21(20)28)31(26(33)34-27)19-14-12-18(13-15-19)25(32)30-22-11-5-7-17-8-6-16-29-23(17)22/h3-16,24H,1-2H3,(H,30,32). The SMILES string of the molecule is CC1(C)OC(=O)N(c2ccc(C(=O)Nc3cccc4cccnc34)cc2)C1c1ccccc1F. The van der Waals surface area contributed by atoms with E-state index in [2.05, 4.69) is 10.3 Å². The molecular weight excluding hydrogens is 433 g/mol. The van der Waals surface area contributed by atoms with Gasteiger partial charge in [-0.15, -0.1) is 0 Å². The number of nitrogens with zero attached hydrogens (tertiary/aromatic N) is 2. The molecule has 6 nitrogen and oxygen atoms in total. The van der Waals surface area contributed by atoms with Gasteiger partial charge in [-0.1, -0.05) is 36.4 Å². The van der Waals surface area contributed by atoms with Crippen LogP contribution in [0.15, 0.2) is 85.1 Å². The number of halogens is 1. The van der Waals surface area contributed by atoms with Crippen LogP contribution in [0.3, 0.4) is 0 Å². The average molecular weight is 455 g/mol. The first kappa shape index (κ1) is 21.6. The number of fused-ring (bicyclic) bond motifs is 1. The molecule has 1 fully saturated rings. The predicted octanol–water partition coefficient (Wildman–Crippen LogP) is 6.10. The number of cyclic esters (lactones) is 1. The van der Waals surface area contributed by atoms with Crippen LogP contribution in [-0.2, 0) is 4.74 Å². The van der Waals surface area contributed by atoms with Gasteiger partial charge in [-0.05, 0) is 56.3 Å². The molecule has 2 amide bonds. The summed E-state index contributed by atoms with van der Waals surface area (Å²) in [7, 11) is 0. The van der Waals surface area contributed by atoms with Gasteiger partial charge in [0.05, 0.1) is 11.2 Å². The quantitative estimate of drug-likeness (QED) is 0.403. The maximum Gasteiger partial charge on any atom is 0.415 e. The molecule has 3 aromatic carbocycles. The number of carbonyl (C=O) groups is 2. The molecule has 5 rings (SSSR count). The van der Waals surface area contributed by atoms with Gasteiger partial charge in [0.15, 0.2) is 0 Å². The van der Waals surface area contributed by atoms with Crippen LogP contribution in [0.4, 0.5) is 20.6 Å². The lowest BCUT2D eigenvalue weighted by molar-refractivity contribution is 0.0678. The van der Waals surface area contributed by atoms with Crippen molar-refractivity contribution in [3.8, 4) is 0 Å². The van der Waals surface area contributed by atoms with Crippen molar-refractivity contribution in [2.24, 2.45) is 0 Å². The van der Waals surface area contributed by atoms with Crippen molar-refractivity contribution in [3.05, 3.63) is 102 Å². The third-order valence-corrected chi connectivity index (χ3v) is 5.95. The van der Waals surface area contributed by atoms with E-state index < -0.39 is 23.6 Å². The molecule has 0 bridgehead atoms. The molecular formula is C27H22FN3O3. The summed E-state index contributed by atoms with van der Waals surface area (Å²) in [6, 6.07) is 21.6. The molecule has 1 N–H and O–H groups in total. The van der Waals surface area contributed by atoms with Gasteiger partial charge in [-0.2, -0.15) is 0 Å². The van der Waals surface area contributed by atoms with E-state index in [4.69, 9.17) is 4.74 Å². The Labute approximate surface area is 196 Å². The van der Waals surface area contributed by atoms with E-state index in [0.717, 1.165) is 5.39 Å². The number of carbonyl (C=O) groups excluding carboxylic acids is 2. The van der Waals surface area contributed by atoms with Crippen molar-refractivity contribution in [2.75, 3.05) is 10.2 Å². The van der Waals surface area contributed by atoms with Gasteiger partial charge in [0, 0.05) is 28.4 Å². The lowest BCUT2D eigenvalue weighted by Crippen LogP contribution is -2.34. The third-order valence-electron chi connectivity index (χ3n) is 5.95. The number of benzene rings is 3. The molecule has 1 aliphatic rings. The van der Waals surface area contributed by atoms with Crippen molar-refractivity contribution in [1.29, 1.82) is 0 Å². The molecule has 0 saturated carbocycles. The highest BCUT2D eigenvalue weighted by Gasteiger charge is 2.50. The van der Waals surface area contributed by atoms with E-state index in [-0.39, 0.29) is 5.91 Å². The van der Waals surface area contributed by atoms with E-state index in [0.29, 0.717) is 28.0 Å². The summed E-state index contributed by atoms with van der Waals surface area (Å²) in [6.07, 6.45) is 1.10. The largest absolute Gasteiger partial charge is 0.441 e. The third kappa shape index (κ3) is 3.75. The van der Waals surface area contributed by atoms with Crippen molar-refractivity contribution in [3.63, 3.8) is 0 Å². The number of amides is 2. The lowest BCUT2D eigenvalue weighted by Gasteiger charge is -2.29. The zero-order chi connectivity index (χ0) is 23.9. The highest BCUT2D eigenvalue weighted by atomic mass is 19.1. The van der Waals surface area contributed by atoms with Crippen molar-refractivity contribution < 1.29 is 18.7 Å². The van der Waals surface area contributed by atoms with Gasteiger partial charge in [0.1, 0.15) is 17.5 Å². The van der Waals surface area contributed by atoms with Crippen LogP contribution in [0.5, 0.6) is 0 Å². The molecule has 1 saturated heterocycles. The molecule has 170 valence electrons. The second-order valence-electron chi connectivity index (χ2n) is 8.65. The van der Waals surface area contributed by atoms with Crippen LogP contribution in [0.1, 0.15) is 35.8 Å². The summed E-state index contributed by atoms with van der Waals surface area (Å²) in [5, 5.41) is 3.82. The number of aromatic nitrogens is 1. The molecule has 1 aliphatic heterocycles. The second-order valence-corrected chi connectivity index (χ2v) is 8.65. The van der Waals surface area contributed by atoms with Crippen LogP contribution >= 0.6 is 0 Å². The number of rotatable bonds is 4. The number of para-hydroxylation sites is 1. The van der Waals surface area contributed by atoms with E-state index in [9.17, 15) is 14.0 Å². The summed E-state index contributed by atoms with van der Waals surface area (Å²) >= 11 is 0. The normalized spacial score (nSPS) is 17.0. The van der Waals surface area contributed by atoms with E-state index in [1.807, 2.05) is 24.3 Å². The van der Waals surface area contributed by atoms with Gasteiger partial charge in [-0.3, -0.25) is 14.7 Å². The Bertz CT molecular complexity index is 1400. The summed E-state index contributed by atoms with van der Waals surface area (Å²) < 4.78 is 20.2. The molecule has 0 spiro atoms. The first-order chi connectivity index (χ1) is 16.3. The zero-order valence-corrected chi connectivity index (χ0v) is 18.7. The number of pyridine rings is 1. The Balaban J connectivity index is 1.43. The number of ether oxygens (including phenoxy) is 1. The highest BCUT2D eigenvalue weighted by molar-refractivity contribution is 6.08. The average Bonchev–Trinajstić information content (AvgIpc) is 3.07. The van der Waals surface area contributed by atoms with Crippen LogP contribution in [0.25, 0.3) is 10.9 Å². The number of anilines is 2. The zero-order valence-electron chi connectivity index (χ0n) is 18.7. The maximum atomic E-state index is 14.6. The highest BCUT2D eigenvalue weighted by Crippen LogP contribution is 2.44. The van der Waals surface area contributed by atoms with Crippen LogP contribution < -0.4 is 10.2 Å².